The van der Waals surface area contributed by atoms with Crippen molar-refractivity contribution in [1.82, 2.24) is 25.1 Å². The Balaban J connectivity index is 0.00000304. The van der Waals surface area contributed by atoms with Crippen molar-refractivity contribution in [1.29, 1.82) is 0 Å². The van der Waals surface area contributed by atoms with Crippen molar-refractivity contribution in [2.75, 3.05) is 45.3 Å². The number of piperazine rings is 1. The van der Waals surface area contributed by atoms with E-state index < -0.39 is 0 Å². The van der Waals surface area contributed by atoms with Crippen molar-refractivity contribution in [2.45, 2.75) is 44.2 Å². The van der Waals surface area contributed by atoms with Crippen LogP contribution in [0, 0.1) is 5.82 Å². The van der Waals surface area contributed by atoms with E-state index in [0.717, 1.165) is 48.8 Å². The molecule has 0 bridgehead atoms. The maximum atomic E-state index is 14.4. The van der Waals surface area contributed by atoms with Gasteiger partial charge in [-0.1, -0.05) is 31.4 Å². The molecule has 36 heavy (non-hydrogen) atoms. The normalized spacial score (nSPS) is 17.9. The van der Waals surface area contributed by atoms with Crippen molar-refractivity contribution >= 4 is 18.1 Å². The summed E-state index contributed by atoms with van der Waals surface area (Å²) in [4.78, 5) is 4.48. The van der Waals surface area contributed by atoms with Crippen LogP contribution in [0.1, 0.15) is 55.6 Å². The second-order valence-corrected chi connectivity index (χ2v) is 9.26. The average Bonchev–Trinajstić information content (AvgIpc) is 3.39. The first-order valence-electron chi connectivity index (χ1n) is 12.4. The molecule has 2 heterocycles. The van der Waals surface area contributed by atoms with E-state index in [1.54, 1.807) is 20.3 Å². The standard InChI is InChI=1S/C26H33FN6O2.ClH/c1-34-20-12-13-24(35-2)21(18-20)25(26-28-29-30-33(26)19-8-4-3-5-9-19)32-16-14-31(15-17-32)23-11-7-6-10-22(23)27;/h6-7,10-13,18-19,25H,3-5,8-9,14-17H2,1-2H3;1H. The van der Waals surface area contributed by atoms with E-state index in [0.29, 0.717) is 24.8 Å². The molecule has 1 aliphatic carbocycles. The number of tetrazole rings is 1. The van der Waals surface area contributed by atoms with Gasteiger partial charge in [0.05, 0.1) is 25.9 Å². The monoisotopic (exact) mass is 516 g/mol. The van der Waals surface area contributed by atoms with Crippen LogP contribution in [0.4, 0.5) is 10.1 Å². The zero-order valence-corrected chi connectivity index (χ0v) is 21.7. The lowest BCUT2D eigenvalue weighted by atomic mass is 9.94. The van der Waals surface area contributed by atoms with Crippen LogP contribution in [0.3, 0.4) is 0 Å². The van der Waals surface area contributed by atoms with Crippen LogP contribution in [0.25, 0.3) is 0 Å². The fraction of sp³-hybridized carbons (Fsp3) is 0.500. The summed E-state index contributed by atoms with van der Waals surface area (Å²) in [6, 6.07) is 12.9. The lowest BCUT2D eigenvalue weighted by Gasteiger charge is -2.40. The smallest absolute Gasteiger partial charge is 0.173 e. The molecule has 5 rings (SSSR count). The maximum Gasteiger partial charge on any atom is 0.173 e. The molecule has 1 saturated heterocycles. The highest BCUT2D eigenvalue weighted by Gasteiger charge is 2.35. The van der Waals surface area contributed by atoms with Gasteiger partial charge >= 0.3 is 0 Å². The van der Waals surface area contributed by atoms with Gasteiger partial charge in [0.1, 0.15) is 23.4 Å². The summed E-state index contributed by atoms with van der Waals surface area (Å²) in [6.07, 6.45) is 5.82. The van der Waals surface area contributed by atoms with E-state index in [1.165, 1.54) is 25.3 Å². The van der Waals surface area contributed by atoms with Crippen LogP contribution in [-0.4, -0.2) is 65.5 Å². The molecule has 10 heteroatoms. The zero-order valence-electron chi connectivity index (χ0n) is 20.8. The molecule has 2 aliphatic rings. The van der Waals surface area contributed by atoms with E-state index in [4.69, 9.17) is 9.47 Å². The van der Waals surface area contributed by atoms with E-state index in [1.807, 2.05) is 35.0 Å². The topological polar surface area (TPSA) is 68.5 Å². The van der Waals surface area contributed by atoms with Crippen molar-refractivity contribution in [3.05, 3.63) is 59.7 Å². The minimum absolute atomic E-state index is 0. The molecule has 0 radical (unpaired) electrons. The molecular weight excluding hydrogens is 483 g/mol. The quantitative estimate of drug-likeness (QED) is 0.452. The Labute approximate surface area is 217 Å². The van der Waals surface area contributed by atoms with Gasteiger partial charge in [0.25, 0.3) is 0 Å². The molecule has 2 fully saturated rings. The number of rotatable bonds is 7. The number of para-hydroxylation sites is 1. The highest BCUT2D eigenvalue weighted by Crippen LogP contribution is 2.39. The predicted octanol–water partition coefficient (Wildman–Crippen LogP) is 4.67. The lowest BCUT2D eigenvalue weighted by Crippen LogP contribution is -2.48. The van der Waals surface area contributed by atoms with Crippen molar-refractivity contribution < 1.29 is 13.9 Å². The Morgan fingerprint density at radius 3 is 2.39 bits per heavy atom. The van der Waals surface area contributed by atoms with Crippen LogP contribution >= 0.6 is 12.4 Å². The first-order valence-corrected chi connectivity index (χ1v) is 12.4. The number of benzene rings is 2. The van der Waals surface area contributed by atoms with Gasteiger partial charge in [-0.25, -0.2) is 9.07 Å². The summed E-state index contributed by atoms with van der Waals surface area (Å²) in [5.41, 5.74) is 1.62. The first kappa shape index (κ1) is 26.2. The molecule has 1 atom stereocenters. The van der Waals surface area contributed by atoms with Gasteiger partial charge in [0.15, 0.2) is 5.82 Å². The number of hydrogen-bond acceptors (Lipinski definition) is 7. The lowest BCUT2D eigenvalue weighted by molar-refractivity contribution is 0.190. The summed E-state index contributed by atoms with van der Waals surface area (Å²) in [7, 11) is 3.35. The largest absolute Gasteiger partial charge is 0.497 e. The van der Waals surface area contributed by atoms with Crippen LogP contribution in [-0.2, 0) is 0 Å². The minimum atomic E-state index is -0.209. The Morgan fingerprint density at radius 1 is 0.944 bits per heavy atom. The van der Waals surface area contributed by atoms with Crippen molar-refractivity contribution in [3.8, 4) is 11.5 Å². The average molecular weight is 517 g/mol. The van der Waals surface area contributed by atoms with Crippen LogP contribution < -0.4 is 14.4 Å². The number of anilines is 1. The Morgan fingerprint density at radius 2 is 1.69 bits per heavy atom. The summed E-state index contributed by atoms with van der Waals surface area (Å²) in [5, 5.41) is 13.1. The van der Waals surface area contributed by atoms with Crippen LogP contribution in [0.2, 0.25) is 0 Å². The molecule has 0 N–H and O–H groups in total. The van der Waals surface area contributed by atoms with Crippen LogP contribution in [0.15, 0.2) is 42.5 Å². The number of aromatic nitrogens is 4. The van der Waals surface area contributed by atoms with Gasteiger partial charge in [-0.3, -0.25) is 4.90 Å². The molecule has 1 aromatic heterocycles. The molecular formula is C26H34ClFN6O2. The third-order valence-electron chi connectivity index (χ3n) is 7.29. The second-order valence-electron chi connectivity index (χ2n) is 9.26. The number of hydrogen-bond donors (Lipinski definition) is 0. The van der Waals surface area contributed by atoms with Gasteiger partial charge in [-0.05, 0) is 53.6 Å². The molecule has 8 nitrogen and oxygen atoms in total. The third kappa shape index (κ3) is 5.27. The summed E-state index contributed by atoms with van der Waals surface area (Å²) in [5.74, 6) is 2.16. The van der Waals surface area contributed by atoms with Crippen molar-refractivity contribution in [2.24, 2.45) is 0 Å². The number of halogens is 2. The van der Waals surface area contributed by atoms with E-state index in [-0.39, 0.29) is 24.3 Å². The summed E-state index contributed by atoms with van der Waals surface area (Å²) >= 11 is 0. The van der Waals surface area contributed by atoms with E-state index in [9.17, 15) is 4.39 Å². The Hall–Kier alpha value is -2.91. The SMILES string of the molecule is COc1ccc(OC)c(C(c2nnnn2C2CCCCC2)N2CCN(c3ccccc3F)CC2)c1.Cl. The summed E-state index contributed by atoms with van der Waals surface area (Å²) in [6.45, 7) is 2.87. The molecule has 2 aromatic carbocycles. The Kier molecular flexibility index (Phi) is 8.64. The number of ether oxygens (including phenoxy) is 2. The third-order valence-corrected chi connectivity index (χ3v) is 7.29. The van der Waals surface area contributed by atoms with Crippen molar-refractivity contribution in [3.63, 3.8) is 0 Å². The minimum Gasteiger partial charge on any atom is -0.497 e. The second kappa shape index (κ2) is 11.9. The zero-order chi connectivity index (χ0) is 24.2. The molecule has 1 unspecified atom stereocenters. The molecule has 3 aromatic rings. The van der Waals surface area contributed by atoms with E-state index >= 15 is 0 Å². The van der Waals surface area contributed by atoms with Gasteiger partial charge in [0, 0.05) is 31.7 Å². The van der Waals surface area contributed by atoms with Crippen LogP contribution in [0.5, 0.6) is 11.5 Å². The highest BCUT2D eigenvalue weighted by atomic mass is 35.5. The fourth-order valence-corrected chi connectivity index (χ4v) is 5.45. The van der Waals surface area contributed by atoms with Gasteiger partial charge < -0.3 is 14.4 Å². The number of nitrogens with zero attached hydrogens (tertiary/aromatic N) is 6. The first-order chi connectivity index (χ1) is 17.2. The predicted molar refractivity (Wildman–Crippen MR) is 139 cm³/mol. The summed E-state index contributed by atoms with van der Waals surface area (Å²) < 4.78 is 27.8. The molecule has 0 spiro atoms. The fourth-order valence-electron chi connectivity index (χ4n) is 5.45. The Bertz CT molecular complexity index is 1130. The van der Waals surface area contributed by atoms with Gasteiger partial charge in [0.2, 0.25) is 0 Å². The highest BCUT2D eigenvalue weighted by molar-refractivity contribution is 5.85. The van der Waals surface area contributed by atoms with Gasteiger partial charge in [-0.15, -0.1) is 17.5 Å². The molecule has 1 aliphatic heterocycles. The molecule has 194 valence electrons. The van der Waals surface area contributed by atoms with Gasteiger partial charge in [-0.2, -0.15) is 0 Å². The molecule has 0 amide bonds. The van der Waals surface area contributed by atoms with E-state index in [2.05, 4.69) is 25.3 Å². The molecule has 1 saturated carbocycles. The maximum absolute atomic E-state index is 14.4. The number of methoxy groups -OCH3 is 2.